The van der Waals surface area contributed by atoms with Gasteiger partial charge in [0.1, 0.15) is 12.8 Å². The summed E-state index contributed by atoms with van der Waals surface area (Å²) in [6, 6.07) is 9.75. The van der Waals surface area contributed by atoms with E-state index in [2.05, 4.69) is 5.32 Å². The summed E-state index contributed by atoms with van der Waals surface area (Å²) in [5.74, 6) is 0. The van der Waals surface area contributed by atoms with Gasteiger partial charge in [0.15, 0.2) is 0 Å². The molecule has 0 unspecified atom stereocenters. The average Bonchev–Trinajstić information content (AvgIpc) is 2.33. The Morgan fingerprint density at radius 1 is 1.26 bits per heavy atom. The number of nitrogens with one attached hydrogen (secondary N) is 1. The molecule has 1 aromatic rings. The Morgan fingerprint density at radius 3 is 2.58 bits per heavy atom. The van der Waals surface area contributed by atoms with Crippen LogP contribution in [0.25, 0.3) is 0 Å². The van der Waals surface area contributed by atoms with Crippen molar-refractivity contribution in [2.45, 2.75) is 44.5 Å². The van der Waals surface area contributed by atoms with E-state index in [1.54, 1.807) is 0 Å². The molecular formula is C15H18FNO2. The highest BCUT2D eigenvalue weighted by atomic mass is 19.1. The molecule has 2 aliphatic carbocycles. The monoisotopic (exact) mass is 263 g/mol. The van der Waals surface area contributed by atoms with Crippen molar-refractivity contribution in [3.63, 3.8) is 0 Å². The second-order valence-electron chi connectivity index (χ2n) is 5.82. The van der Waals surface area contributed by atoms with Gasteiger partial charge in [0.2, 0.25) is 0 Å². The molecule has 3 nitrogen and oxygen atoms in total. The molecule has 2 aliphatic rings. The maximum absolute atomic E-state index is 12.8. The molecule has 0 radical (unpaired) electrons. The van der Waals surface area contributed by atoms with Crippen LogP contribution in [0.5, 0.6) is 0 Å². The van der Waals surface area contributed by atoms with Crippen molar-refractivity contribution < 1.29 is 13.9 Å². The average molecular weight is 263 g/mol. The van der Waals surface area contributed by atoms with Crippen LogP contribution < -0.4 is 5.32 Å². The Labute approximate surface area is 112 Å². The number of hydrogen-bond donors (Lipinski definition) is 1. The van der Waals surface area contributed by atoms with Crippen LogP contribution in [0.15, 0.2) is 30.3 Å². The molecular weight excluding hydrogens is 245 g/mol. The Bertz CT molecular complexity index is 448. The van der Waals surface area contributed by atoms with Gasteiger partial charge >= 0.3 is 6.09 Å². The third-order valence-electron chi connectivity index (χ3n) is 4.20. The van der Waals surface area contributed by atoms with Crippen molar-refractivity contribution in [3.05, 3.63) is 35.9 Å². The van der Waals surface area contributed by atoms with E-state index in [1.165, 1.54) is 0 Å². The molecule has 2 saturated carbocycles. The molecule has 0 aliphatic heterocycles. The van der Waals surface area contributed by atoms with Gasteiger partial charge in [-0.3, -0.25) is 0 Å². The van der Waals surface area contributed by atoms with Crippen LogP contribution in [0.3, 0.4) is 0 Å². The summed E-state index contributed by atoms with van der Waals surface area (Å²) in [6.45, 7) is 0.289. The lowest BCUT2D eigenvalue weighted by Crippen LogP contribution is -2.56. The molecule has 19 heavy (non-hydrogen) atoms. The van der Waals surface area contributed by atoms with E-state index in [-0.39, 0.29) is 24.2 Å². The van der Waals surface area contributed by atoms with Crippen LogP contribution in [-0.2, 0) is 11.3 Å². The van der Waals surface area contributed by atoms with Crippen molar-refractivity contribution in [1.29, 1.82) is 0 Å². The van der Waals surface area contributed by atoms with Crippen molar-refractivity contribution >= 4 is 6.09 Å². The lowest BCUT2D eigenvalue weighted by Gasteiger charge is -2.55. The van der Waals surface area contributed by atoms with E-state index in [1.807, 2.05) is 30.3 Å². The fourth-order valence-corrected chi connectivity index (χ4v) is 3.23. The summed E-state index contributed by atoms with van der Waals surface area (Å²) >= 11 is 0. The molecule has 0 saturated heterocycles. The predicted octanol–water partition coefficient (Wildman–Crippen LogP) is 3.19. The maximum Gasteiger partial charge on any atom is 0.407 e. The second kappa shape index (κ2) is 4.83. The second-order valence-corrected chi connectivity index (χ2v) is 5.82. The first-order valence-electron chi connectivity index (χ1n) is 6.77. The Hall–Kier alpha value is -1.58. The standard InChI is InChI=1S/C15H18FNO2/c16-12-6-15(7-12)8-13(9-15)17-14(18)19-10-11-4-2-1-3-5-11/h1-5,12-13H,6-10H2,(H,17,18). The van der Waals surface area contributed by atoms with Crippen LogP contribution in [0, 0.1) is 5.41 Å². The summed E-state index contributed by atoms with van der Waals surface area (Å²) in [5, 5.41) is 2.84. The van der Waals surface area contributed by atoms with Crippen LogP contribution in [0.4, 0.5) is 9.18 Å². The van der Waals surface area contributed by atoms with Gasteiger partial charge in [0.25, 0.3) is 0 Å². The van der Waals surface area contributed by atoms with Gasteiger partial charge in [-0.1, -0.05) is 30.3 Å². The summed E-state index contributed by atoms with van der Waals surface area (Å²) in [4.78, 5) is 11.6. The predicted molar refractivity (Wildman–Crippen MR) is 69.3 cm³/mol. The molecule has 0 aromatic heterocycles. The smallest absolute Gasteiger partial charge is 0.407 e. The molecule has 1 aromatic carbocycles. The molecule has 0 atom stereocenters. The van der Waals surface area contributed by atoms with Gasteiger partial charge < -0.3 is 10.1 Å². The number of carbonyl (C=O) groups is 1. The van der Waals surface area contributed by atoms with Crippen molar-refractivity contribution in [2.24, 2.45) is 5.41 Å². The number of alkyl halides is 1. The number of alkyl carbamates (subject to hydrolysis) is 1. The van der Waals surface area contributed by atoms with Crippen molar-refractivity contribution in [1.82, 2.24) is 5.32 Å². The molecule has 3 rings (SSSR count). The summed E-state index contributed by atoms with van der Waals surface area (Å²) in [6.07, 6.45) is 2.14. The van der Waals surface area contributed by atoms with Gasteiger partial charge in [-0.25, -0.2) is 9.18 Å². The number of benzene rings is 1. The van der Waals surface area contributed by atoms with Gasteiger partial charge in [0, 0.05) is 6.04 Å². The van der Waals surface area contributed by atoms with Crippen molar-refractivity contribution in [3.8, 4) is 0 Å². The Morgan fingerprint density at radius 2 is 1.95 bits per heavy atom. The zero-order chi connectivity index (χ0) is 13.3. The third kappa shape index (κ3) is 2.72. The number of halogens is 1. The normalized spacial score (nSPS) is 32.3. The summed E-state index contributed by atoms with van der Waals surface area (Å²) in [5.41, 5.74) is 1.17. The minimum absolute atomic E-state index is 0.163. The summed E-state index contributed by atoms with van der Waals surface area (Å²) in [7, 11) is 0. The molecule has 1 spiro atoms. The molecule has 0 heterocycles. The first kappa shape index (κ1) is 12.5. The molecule has 1 N–H and O–H groups in total. The molecule has 1 amide bonds. The zero-order valence-corrected chi connectivity index (χ0v) is 10.8. The zero-order valence-electron chi connectivity index (χ0n) is 10.8. The van der Waals surface area contributed by atoms with Crippen LogP contribution in [-0.4, -0.2) is 18.3 Å². The summed E-state index contributed by atoms with van der Waals surface area (Å²) < 4.78 is 18.0. The molecule has 2 fully saturated rings. The largest absolute Gasteiger partial charge is 0.445 e. The van der Waals surface area contributed by atoms with E-state index in [0.717, 1.165) is 18.4 Å². The van der Waals surface area contributed by atoms with E-state index < -0.39 is 6.17 Å². The van der Waals surface area contributed by atoms with E-state index in [9.17, 15) is 9.18 Å². The minimum atomic E-state index is -0.619. The van der Waals surface area contributed by atoms with Gasteiger partial charge in [-0.2, -0.15) is 0 Å². The molecule has 102 valence electrons. The Kier molecular flexibility index (Phi) is 3.17. The van der Waals surface area contributed by atoms with Crippen LogP contribution >= 0.6 is 0 Å². The van der Waals surface area contributed by atoms with Crippen molar-refractivity contribution in [2.75, 3.05) is 0 Å². The van der Waals surface area contributed by atoms with E-state index >= 15 is 0 Å². The van der Waals surface area contributed by atoms with E-state index in [4.69, 9.17) is 4.74 Å². The molecule has 4 heteroatoms. The fourth-order valence-electron chi connectivity index (χ4n) is 3.23. The fraction of sp³-hybridized carbons (Fsp3) is 0.533. The number of rotatable bonds is 3. The first-order valence-corrected chi connectivity index (χ1v) is 6.77. The quantitative estimate of drug-likeness (QED) is 0.909. The lowest BCUT2D eigenvalue weighted by atomic mass is 9.53. The highest BCUT2D eigenvalue weighted by molar-refractivity contribution is 5.67. The maximum atomic E-state index is 12.8. The lowest BCUT2D eigenvalue weighted by molar-refractivity contribution is -0.0609. The third-order valence-corrected chi connectivity index (χ3v) is 4.20. The number of carbonyl (C=O) groups excluding carboxylic acids is 1. The topological polar surface area (TPSA) is 38.3 Å². The SMILES string of the molecule is O=C(NC1CC2(CC(F)C2)C1)OCc1ccccc1. The number of amides is 1. The highest BCUT2D eigenvalue weighted by Crippen LogP contribution is 2.56. The Balaban J connectivity index is 1.37. The number of ether oxygens (including phenoxy) is 1. The van der Waals surface area contributed by atoms with Gasteiger partial charge in [0.05, 0.1) is 0 Å². The van der Waals surface area contributed by atoms with Crippen LogP contribution in [0.2, 0.25) is 0 Å². The van der Waals surface area contributed by atoms with Gasteiger partial charge in [-0.15, -0.1) is 0 Å². The van der Waals surface area contributed by atoms with Crippen LogP contribution in [0.1, 0.15) is 31.2 Å². The highest BCUT2D eigenvalue weighted by Gasteiger charge is 2.53. The molecule has 0 bridgehead atoms. The number of hydrogen-bond acceptors (Lipinski definition) is 2. The van der Waals surface area contributed by atoms with Gasteiger partial charge in [-0.05, 0) is 36.7 Å². The minimum Gasteiger partial charge on any atom is -0.445 e. The first-order chi connectivity index (χ1) is 9.15. The van der Waals surface area contributed by atoms with E-state index in [0.29, 0.717) is 12.8 Å².